The van der Waals surface area contributed by atoms with E-state index in [1.54, 1.807) is 0 Å². The van der Waals surface area contributed by atoms with Gasteiger partial charge in [-0.05, 0) is 44.1 Å². The second-order valence-corrected chi connectivity index (χ2v) is 6.58. The summed E-state index contributed by atoms with van der Waals surface area (Å²) in [7, 11) is 0. The average Bonchev–Trinajstić information content (AvgIpc) is 2.87. The molecule has 0 aromatic heterocycles. The van der Waals surface area contributed by atoms with Crippen molar-refractivity contribution < 1.29 is 9.53 Å². The third-order valence-electron chi connectivity index (χ3n) is 4.55. The first-order valence-corrected chi connectivity index (χ1v) is 7.69. The fourth-order valence-corrected chi connectivity index (χ4v) is 3.09. The molecule has 0 aliphatic carbocycles. The van der Waals surface area contributed by atoms with E-state index in [4.69, 9.17) is 4.74 Å². The van der Waals surface area contributed by atoms with Gasteiger partial charge in [-0.1, -0.05) is 13.8 Å². The van der Waals surface area contributed by atoms with Crippen LogP contribution in [-0.2, 0) is 9.53 Å². The molecule has 0 saturated carbocycles. The fraction of sp³-hybridized carbons (Fsp3) is 0.933. The van der Waals surface area contributed by atoms with Gasteiger partial charge < -0.3 is 15.4 Å². The zero-order valence-corrected chi connectivity index (χ0v) is 12.3. The molecular formula is C15H28N2O2. The minimum Gasteiger partial charge on any atom is -0.378 e. The van der Waals surface area contributed by atoms with Crippen molar-refractivity contribution in [3.05, 3.63) is 0 Å². The quantitative estimate of drug-likeness (QED) is 0.800. The van der Waals surface area contributed by atoms with Crippen molar-refractivity contribution in [1.82, 2.24) is 10.6 Å². The highest BCUT2D eigenvalue weighted by molar-refractivity contribution is 5.75. The Hall–Kier alpha value is -0.610. The highest BCUT2D eigenvalue weighted by Crippen LogP contribution is 2.29. The molecule has 0 spiro atoms. The van der Waals surface area contributed by atoms with Crippen LogP contribution in [0.15, 0.2) is 0 Å². The summed E-state index contributed by atoms with van der Waals surface area (Å²) in [6.45, 7) is 7.24. The molecule has 0 aromatic carbocycles. The summed E-state index contributed by atoms with van der Waals surface area (Å²) in [4.78, 5) is 11.9. The molecular weight excluding hydrogens is 240 g/mol. The number of amides is 1. The molecule has 0 aromatic rings. The first-order valence-electron chi connectivity index (χ1n) is 7.69. The predicted octanol–water partition coefficient (Wildman–Crippen LogP) is 1.84. The zero-order chi connectivity index (χ0) is 13.7. The van der Waals surface area contributed by atoms with Gasteiger partial charge in [0.15, 0.2) is 0 Å². The zero-order valence-electron chi connectivity index (χ0n) is 12.3. The summed E-state index contributed by atoms with van der Waals surface area (Å²) in [5.74, 6) is 0.165. The van der Waals surface area contributed by atoms with Crippen LogP contribution in [-0.4, -0.2) is 37.7 Å². The molecule has 0 bridgehead atoms. The monoisotopic (exact) mass is 268 g/mol. The van der Waals surface area contributed by atoms with E-state index in [1.807, 2.05) is 0 Å². The molecule has 2 aliphatic rings. The Kier molecular flexibility index (Phi) is 5.22. The maximum Gasteiger partial charge on any atom is 0.220 e. The molecule has 4 heteroatoms. The number of piperidine rings is 1. The summed E-state index contributed by atoms with van der Waals surface area (Å²) < 4.78 is 5.54. The van der Waals surface area contributed by atoms with Gasteiger partial charge in [0.1, 0.15) is 0 Å². The Labute approximate surface area is 116 Å². The Bertz CT molecular complexity index is 299. The molecule has 2 atom stereocenters. The third-order valence-corrected chi connectivity index (χ3v) is 4.55. The van der Waals surface area contributed by atoms with Crippen molar-refractivity contribution in [2.24, 2.45) is 5.41 Å². The Morgan fingerprint density at radius 2 is 2.26 bits per heavy atom. The Morgan fingerprint density at radius 3 is 2.95 bits per heavy atom. The van der Waals surface area contributed by atoms with Crippen molar-refractivity contribution in [3.63, 3.8) is 0 Å². The molecule has 2 N–H and O–H groups in total. The molecule has 2 rings (SSSR count). The Morgan fingerprint density at radius 1 is 1.42 bits per heavy atom. The second kappa shape index (κ2) is 6.71. The van der Waals surface area contributed by atoms with Gasteiger partial charge in [0, 0.05) is 25.6 Å². The van der Waals surface area contributed by atoms with Gasteiger partial charge in [0.25, 0.3) is 0 Å². The molecule has 2 heterocycles. The number of hydrogen-bond acceptors (Lipinski definition) is 3. The lowest BCUT2D eigenvalue weighted by Gasteiger charge is -2.39. The minimum atomic E-state index is 0.165. The number of carbonyl (C=O) groups is 1. The molecule has 2 saturated heterocycles. The van der Waals surface area contributed by atoms with Crippen molar-refractivity contribution in [3.8, 4) is 0 Å². The number of nitrogens with one attached hydrogen (secondary N) is 2. The minimum absolute atomic E-state index is 0.165. The molecule has 0 radical (unpaired) electrons. The van der Waals surface area contributed by atoms with Gasteiger partial charge >= 0.3 is 0 Å². The summed E-state index contributed by atoms with van der Waals surface area (Å²) in [6.07, 6.45) is 6.50. The van der Waals surface area contributed by atoms with Gasteiger partial charge in [-0.3, -0.25) is 4.79 Å². The first-order chi connectivity index (χ1) is 9.08. The molecule has 2 fully saturated rings. The van der Waals surface area contributed by atoms with Gasteiger partial charge in [-0.25, -0.2) is 0 Å². The number of ether oxygens (including phenoxy) is 1. The van der Waals surface area contributed by atoms with Crippen LogP contribution in [0.3, 0.4) is 0 Å². The second-order valence-electron chi connectivity index (χ2n) is 6.58. The van der Waals surface area contributed by atoms with Crippen molar-refractivity contribution in [2.75, 3.05) is 19.7 Å². The normalized spacial score (nSPS) is 30.2. The lowest BCUT2D eigenvalue weighted by molar-refractivity contribution is -0.122. The molecule has 4 nitrogen and oxygen atoms in total. The standard InChI is InChI=1S/C15H28N2O2/c1-15(2)8-4-9-16-13(15)11-17-14(18)7-6-12-5-3-10-19-12/h12-13,16H,3-11H2,1-2H3,(H,17,18). The van der Waals surface area contributed by atoms with Crippen LogP contribution < -0.4 is 10.6 Å². The third kappa shape index (κ3) is 4.46. The van der Waals surface area contributed by atoms with Crippen LogP contribution in [0, 0.1) is 5.41 Å². The van der Waals surface area contributed by atoms with E-state index in [0.717, 1.165) is 39.0 Å². The Balaban J connectivity index is 1.64. The van der Waals surface area contributed by atoms with Crippen LogP contribution in [0.25, 0.3) is 0 Å². The van der Waals surface area contributed by atoms with E-state index in [2.05, 4.69) is 24.5 Å². The van der Waals surface area contributed by atoms with E-state index in [9.17, 15) is 4.79 Å². The highest BCUT2D eigenvalue weighted by atomic mass is 16.5. The van der Waals surface area contributed by atoms with Gasteiger partial charge in [-0.15, -0.1) is 0 Å². The van der Waals surface area contributed by atoms with Gasteiger partial charge in [0.05, 0.1) is 6.10 Å². The summed E-state index contributed by atoms with van der Waals surface area (Å²) >= 11 is 0. The smallest absolute Gasteiger partial charge is 0.220 e. The summed E-state index contributed by atoms with van der Waals surface area (Å²) in [5.41, 5.74) is 0.278. The molecule has 110 valence electrons. The highest BCUT2D eigenvalue weighted by Gasteiger charge is 2.31. The van der Waals surface area contributed by atoms with E-state index >= 15 is 0 Å². The maximum atomic E-state index is 11.9. The predicted molar refractivity (Wildman–Crippen MR) is 76.0 cm³/mol. The fourth-order valence-electron chi connectivity index (χ4n) is 3.09. The summed E-state index contributed by atoms with van der Waals surface area (Å²) in [6, 6.07) is 0.396. The molecule has 2 aliphatic heterocycles. The van der Waals surface area contributed by atoms with E-state index in [0.29, 0.717) is 18.6 Å². The van der Waals surface area contributed by atoms with Crippen molar-refractivity contribution in [2.45, 2.75) is 64.5 Å². The van der Waals surface area contributed by atoms with Crippen LogP contribution >= 0.6 is 0 Å². The largest absolute Gasteiger partial charge is 0.378 e. The SMILES string of the molecule is CC1(C)CCCNC1CNC(=O)CCC1CCCO1. The number of rotatable bonds is 5. The van der Waals surface area contributed by atoms with Crippen LogP contribution in [0.1, 0.15) is 52.4 Å². The van der Waals surface area contributed by atoms with Crippen LogP contribution in [0.4, 0.5) is 0 Å². The van der Waals surface area contributed by atoms with Crippen molar-refractivity contribution >= 4 is 5.91 Å². The molecule has 2 unspecified atom stereocenters. The average molecular weight is 268 g/mol. The molecule has 19 heavy (non-hydrogen) atoms. The van der Waals surface area contributed by atoms with Crippen molar-refractivity contribution in [1.29, 1.82) is 0 Å². The summed E-state index contributed by atoms with van der Waals surface area (Å²) in [5, 5.41) is 6.60. The lowest BCUT2D eigenvalue weighted by atomic mass is 9.77. The number of hydrogen-bond donors (Lipinski definition) is 2. The van der Waals surface area contributed by atoms with Crippen LogP contribution in [0.2, 0.25) is 0 Å². The van der Waals surface area contributed by atoms with Gasteiger partial charge in [0.2, 0.25) is 5.91 Å². The molecule has 1 amide bonds. The lowest BCUT2D eigenvalue weighted by Crippen LogP contribution is -2.52. The number of carbonyl (C=O) groups excluding carboxylic acids is 1. The van der Waals surface area contributed by atoms with E-state index < -0.39 is 0 Å². The topological polar surface area (TPSA) is 50.4 Å². The van der Waals surface area contributed by atoms with Crippen LogP contribution in [0.5, 0.6) is 0 Å². The first kappa shape index (κ1) is 14.8. The maximum absolute atomic E-state index is 11.9. The van der Waals surface area contributed by atoms with E-state index in [1.165, 1.54) is 12.8 Å². The van der Waals surface area contributed by atoms with Gasteiger partial charge in [-0.2, -0.15) is 0 Å². The van der Waals surface area contributed by atoms with E-state index in [-0.39, 0.29) is 11.3 Å².